The lowest BCUT2D eigenvalue weighted by molar-refractivity contribution is 0.154. The number of nitrogens with two attached hydrogens (primary N) is 1. The molecule has 3 rings (SSSR count). The van der Waals surface area contributed by atoms with Crippen molar-refractivity contribution in [2.24, 2.45) is 10.7 Å². The maximum absolute atomic E-state index is 5.80. The van der Waals surface area contributed by atoms with Gasteiger partial charge in [0.25, 0.3) is 6.02 Å². The molecule has 0 saturated carbocycles. The second-order valence-corrected chi connectivity index (χ2v) is 4.49. The Balaban J connectivity index is 1.98. The van der Waals surface area contributed by atoms with Crippen LogP contribution >= 0.6 is 0 Å². The molecule has 0 amide bonds. The van der Waals surface area contributed by atoms with E-state index in [4.69, 9.17) is 15.2 Å². The van der Waals surface area contributed by atoms with Crippen LogP contribution in [0, 0.1) is 0 Å². The number of aliphatic imine (C=N–C) groups is 1. The fourth-order valence-electron chi connectivity index (χ4n) is 2.34. The van der Waals surface area contributed by atoms with Crippen molar-refractivity contribution in [2.75, 3.05) is 13.2 Å². The Morgan fingerprint density at radius 1 is 1.31 bits per heavy atom. The third-order valence-electron chi connectivity index (χ3n) is 3.13. The standard InChI is InChI=1S/C11H13BN2O2/c12-8-3-1-2-7-4-11(5-15-9(7)8)6-16-10(13)14-11/h1-3H,4-6,12H2,(H2,13,14). The zero-order valence-electron chi connectivity index (χ0n) is 9.19. The van der Waals surface area contributed by atoms with Crippen molar-refractivity contribution in [1.82, 2.24) is 0 Å². The largest absolute Gasteiger partial charge is 0.491 e. The first kappa shape index (κ1) is 9.57. The van der Waals surface area contributed by atoms with E-state index in [2.05, 4.69) is 25.0 Å². The number of hydrogen-bond donors (Lipinski definition) is 1. The van der Waals surface area contributed by atoms with Gasteiger partial charge in [0.15, 0.2) is 0 Å². The van der Waals surface area contributed by atoms with Crippen molar-refractivity contribution in [3.63, 3.8) is 0 Å². The summed E-state index contributed by atoms with van der Waals surface area (Å²) in [7, 11) is 2.06. The monoisotopic (exact) mass is 216 g/mol. The predicted octanol–water partition coefficient (Wildman–Crippen LogP) is -1.04. The molecule has 1 unspecified atom stereocenters. The van der Waals surface area contributed by atoms with Crippen molar-refractivity contribution < 1.29 is 9.47 Å². The summed E-state index contributed by atoms with van der Waals surface area (Å²) in [4.78, 5) is 4.36. The van der Waals surface area contributed by atoms with E-state index in [0.29, 0.717) is 13.2 Å². The molecule has 2 aliphatic rings. The fourth-order valence-corrected chi connectivity index (χ4v) is 2.34. The summed E-state index contributed by atoms with van der Waals surface area (Å²) < 4.78 is 11.0. The molecule has 4 nitrogen and oxygen atoms in total. The van der Waals surface area contributed by atoms with Gasteiger partial charge in [-0.3, -0.25) is 0 Å². The Morgan fingerprint density at radius 2 is 2.12 bits per heavy atom. The first-order valence-electron chi connectivity index (χ1n) is 5.38. The summed E-state index contributed by atoms with van der Waals surface area (Å²) >= 11 is 0. The maximum Gasteiger partial charge on any atom is 0.282 e. The van der Waals surface area contributed by atoms with E-state index in [1.54, 1.807) is 0 Å². The molecule has 1 aromatic rings. The van der Waals surface area contributed by atoms with Crippen molar-refractivity contribution in [3.8, 4) is 5.75 Å². The van der Waals surface area contributed by atoms with E-state index in [1.807, 2.05) is 6.07 Å². The van der Waals surface area contributed by atoms with Gasteiger partial charge in [0.2, 0.25) is 0 Å². The van der Waals surface area contributed by atoms with Gasteiger partial charge in [0, 0.05) is 6.42 Å². The van der Waals surface area contributed by atoms with Crippen LogP contribution in [0.4, 0.5) is 0 Å². The number of rotatable bonds is 0. The molecule has 0 aliphatic carbocycles. The number of benzene rings is 1. The Morgan fingerprint density at radius 3 is 2.88 bits per heavy atom. The van der Waals surface area contributed by atoms with Crippen molar-refractivity contribution in [1.29, 1.82) is 0 Å². The van der Waals surface area contributed by atoms with Gasteiger partial charge in [-0.25, -0.2) is 4.99 Å². The highest BCUT2D eigenvalue weighted by molar-refractivity contribution is 6.34. The van der Waals surface area contributed by atoms with Gasteiger partial charge >= 0.3 is 0 Å². The summed E-state index contributed by atoms with van der Waals surface area (Å²) in [5.74, 6) is 0.994. The van der Waals surface area contributed by atoms with Gasteiger partial charge in [-0.2, -0.15) is 0 Å². The molecule has 1 aromatic carbocycles. The Kier molecular flexibility index (Phi) is 1.90. The highest BCUT2D eigenvalue weighted by atomic mass is 16.5. The normalized spacial score (nSPS) is 26.9. The molecule has 82 valence electrons. The van der Waals surface area contributed by atoms with Gasteiger partial charge in [-0.1, -0.05) is 18.2 Å². The summed E-state index contributed by atoms with van der Waals surface area (Å²) in [5.41, 5.74) is 7.62. The topological polar surface area (TPSA) is 56.8 Å². The first-order valence-corrected chi connectivity index (χ1v) is 5.38. The van der Waals surface area contributed by atoms with Crippen LogP contribution in [-0.2, 0) is 11.2 Å². The summed E-state index contributed by atoms with van der Waals surface area (Å²) in [6.07, 6.45) is 0.838. The van der Waals surface area contributed by atoms with Crippen LogP contribution in [0.3, 0.4) is 0 Å². The number of ether oxygens (including phenoxy) is 2. The second kappa shape index (κ2) is 3.17. The highest BCUT2D eigenvalue weighted by Gasteiger charge is 2.41. The Hall–Kier alpha value is -1.65. The average molecular weight is 216 g/mol. The van der Waals surface area contributed by atoms with E-state index in [-0.39, 0.29) is 11.6 Å². The molecule has 16 heavy (non-hydrogen) atoms. The van der Waals surface area contributed by atoms with Crippen LogP contribution < -0.4 is 15.9 Å². The molecule has 0 saturated heterocycles. The first-order chi connectivity index (χ1) is 7.69. The van der Waals surface area contributed by atoms with E-state index in [1.165, 1.54) is 11.0 Å². The molecule has 1 atom stereocenters. The molecular formula is C11H13BN2O2. The van der Waals surface area contributed by atoms with E-state index in [0.717, 1.165) is 12.2 Å². The summed E-state index contributed by atoms with van der Waals surface area (Å²) in [5, 5.41) is 0. The minimum absolute atomic E-state index is 0.278. The molecule has 5 heteroatoms. The number of nitrogens with zero attached hydrogens (tertiary/aromatic N) is 1. The van der Waals surface area contributed by atoms with Crippen LogP contribution in [0.5, 0.6) is 5.75 Å². The zero-order valence-corrected chi connectivity index (χ0v) is 9.19. The number of hydrogen-bond acceptors (Lipinski definition) is 4. The number of fused-ring (bicyclic) bond motifs is 1. The smallest absolute Gasteiger partial charge is 0.282 e. The predicted molar refractivity (Wildman–Crippen MR) is 64.1 cm³/mol. The number of para-hydroxylation sites is 1. The van der Waals surface area contributed by atoms with Crippen LogP contribution in [0.2, 0.25) is 0 Å². The number of amidine groups is 1. The molecule has 2 heterocycles. The molecule has 0 radical (unpaired) electrons. The Labute approximate surface area is 94.9 Å². The van der Waals surface area contributed by atoms with E-state index in [9.17, 15) is 0 Å². The molecule has 2 N–H and O–H groups in total. The SMILES string of the molecule is Bc1cccc2c1OCC1(COC(N)=N1)C2. The van der Waals surface area contributed by atoms with Gasteiger partial charge in [0.1, 0.15) is 32.3 Å². The van der Waals surface area contributed by atoms with Crippen LogP contribution in [0.1, 0.15) is 5.56 Å². The quantitative estimate of drug-likeness (QED) is 0.564. The van der Waals surface area contributed by atoms with Gasteiger partial charge in [-0.15, -0.1) is 0 Å². The molecular weight excluding hydrogens is 203 g/mol. The molecule has 0 bridgehead atoms. The van der Waals surface area contributed by atoms with Crippen LogP contribution in [0.25, 0.3) is 0 Å². The highest BCUT2D eigenvalue weighted by Crippen LogP contribution is 2.32. The van der Waals surface area contributed by atoms with Crippen LogP contribution in [0.15, 0.2) is 23.2 Å². The van der Waals surface area contributed by atoms with Gasteiger partial charge in [-0.05, 0) is 11.0 Å². The van der Waals surface area contributed by atoms with Crippen molar-refractivity contribution >= 4 is 19.3 Å². The lowest BCUT2D eigenvalue weighted by Gasteiger charge is -2.31. The minimum atomic E-state index is -0.301. The molecule has 0 fully saturated rings. The van der Waals surface area contributed by atoms with Gasteiger partial charge in [0.05, 0.1) is 0 Å². The molecule has 1 spiro atoms. The fraction of sp³-hybridized carbons (Fsp3) is 0.364. The van der Waals surface area contributed by atoms with Crippen LogP contribution in [-0.4, -0.2) is 32.6 Å². The Bertz CT molecular complexity index is 475. The lowest BCUT2D eigenvalue weighted by Crippen LogP contribution is -2.42. The molecule has 2 aliphatic heterocycles. The van der Waals surface area contributed by atoms with Crippen molar-refractivity contribution in [3.05, 3.63) is 23.8 Å². The van der Waals surface area contributed by atoms with Gasteiger partial charge < -0.3 is 15.2 Å². The maximum atomic E-state index is 5.80. The third kappa shape index (κ3) is 1.35. The van der Waals surface area contributed by atoms with E-state index >= 15 is 0 Å². The van der Waals surface area contributed by atoms with Crippen molar-refractivity contribution in [2.45, 2.75) is 12.0 Å². The minimum Gasteiger partial charge on any atom is -0.491 e. The second-order valence-electron chi connectivity index (χ2n) is 4.49. The molecule has 0 aromatic heterocycles. The lowest BCUT2D eigenvalue weighted by atomic mass is 9.85. The summed E-state index contributed by atoms with van der Waals surface area (Å²) in [6, 6.07) is 6.45. The van der Waals surface area contributed by atoms with E-state index < -0.39 is 0 Å². The average Bonchev–Trinajstić information content (AvgIpc) is 2.60. The summed E-state index contributed by atoms with van der Waals surface area (Å²) in [6.45, 7) is 1.07. The zero-order chi connectivity index (χ0) is 11.2. The third-order valence-corrected chi connectivity index (χ3v) is 3.13.